The van der Waals surface area contributed by atoms with Crippen molar-refractivity contribution in [2.24, 2.45) is 17.3 Å². The zero-order chi connectivity index (χ0) is 12.3. The van der Waals surface area contributed by atoms with Gasteiger partial charge in [0, 0.05) is 0 Å². The van der Waals surface area contributed by atoms with E-state index in [0.29, 0.717) is 11.8 Å². The molecule has 0 heterocycles. The van der Waals surface area contributed by atoms with Crippen LogP contribution in [0.3, 0.4) is 0 Å². The SMILES string of the molecule is CCC(C)(C)C(=O)OC1C(C)CCCC1C. The zero-order valence-corrected chi connectivity index (χ0v) is 11.4. The topological polar surface area (TPSA) is 26.3 Å². The molecular formula is C14H26O2. The quantitative estimate of drug-likeness (QED) is 0.684. The minimum Gasteiger partial charge on any atom is -0.461 e. The molecule has 0 aromatic carbocycles. The number of ether oxygens (including phenoxy) is 1. The van der Waals surface area contributed by atoms with Crippen molar-refractivity contribution in [3.63, 3.8) is 0 Å². The first-order valence-corrected chi connectivity index (χ1v) is 6.59. The van der Waals surface area contributed by atoms with Crippen LogP contribution >= 0.6 is 0 Å². The minimum absolute atomic E-state index is 0.0272. The van der Waals surface area contributed by atoms with E-state index >= 15 is 0 Å². The first kappa shape index (κ1) is 13.5. The largest absolute Gasteiger partial charge is 0.461 e. The number of hydrogen-bond donors (Lipinski definition) is 0. The summed E-state index contributed by atoms with van der Waals surface area (Å²) in [5.41, 5.74) is -0.336. The summed E-state index contributed by atoms with van der Waals surface area (Å²) >= 11 is 0. The molecule has 0 spiro atoms. The fraction of sp³-hybridized carbons (Fsp3) is 0.929. The van der Waals surface area contributed by atoms with E-state index in [1.165, 1.54) is 19.3 Å². The molecule has 0 amide bonds. The summed E-state index contributed by atoms with van der Waals surface area (Å²) in [5, 5.41) is 0. The average Bonchev–Trinajstić information content (AvgIpc) is 2.23. The number of carbonyl (C=O) groups is 1. The van der Waals surface area contributed by atoms with Crippen LogP contribution < -0.4 is 0 Å². The fourth-order valence-corrected chi connectivity index (χ4v) is 2.31. The van der Waals surface area contributed by atoms with E-state index < -0.39 is 0 Å². The third kappa shape index (κ3) is 2.99. The minimum atomic E-state index is -0.336. The van der Waals surface area contributed by atoms with Crippen LogP contribution in [0.4, 0.5) is 0 Å². The Balaban J connectivity index is 2.61. The molecule has 1 saturated carbocycles. The van der Waals surface area contributed by atoms with Crippen LogP contribution in [0.25, 0.3) is 0 Å². The Morgan fingerprint density at radius 1 is 1.25 bits per heavy atom. The highest BCUT2D eigenvalue weighted by Gasteiger charge is 2.35. The first-order chi connectivity index (χ1) is 7.38. The lowest BCUT2D eigenvalue weighted by molar-refractivity contribution is -0.167. The Labute approximate surface area is 99.8 Å². The number of hydrogen-bond acceptors (Lipinski definition) is 2. The van der Waals surface area contributed by atoms with Gasteiger partial charge < -0.3 is 4.74 Å². The molecule has 0 aromatic heterocycles. The lowest BCUT2D eigenvalue weighted by Crippen LogP contribution is -2.38. The normalized spacial score (nSPS) is 31.2. The highest BCUT2D eigenvalue weighted by atomic mass is 16.5. The molecule has 2 atom stereocenters. The van der Waals surface area contributed by atoms with Gasteiger partial charge >= 0.3 is 5.97 Å². The van der Waals surface area contributed by atoms with Gasteiger partial charge in [-0.1, -0.05) is 27.2 Å². The Kier molecular flexibility index (Phi) is 4.40. The van der Waals surface area contributed by atoms with Gasteiger partial charge in [-0.3, -0.25) is 4.79 Å². The lowest BCUT2D eigenvalue weighted by atomic mass is 9.80. The van der Waals surface area contributed by atoms with E-state index in [4.69, 9.17) is 4.74 Å². The molecule has 94 valence electrons. The van der Waals surface area contributed by atoms with E-state index in [1.807, 2.05) is 20.8 Å². The Bertz CT molecular complexity index is 235. The smallest absolute Gasteiger partial charge is 0.311 e. The van der Waals surface area contributed by atoms with Crippen LogP contribution in [0.5, 0.6) is 0 Å². The Hall–Kier alpha value is -0.530. The van der Waals surface area contributed by atoms with Crippen molar-refractivity contribution in [1.82, 2.24) is 0 Å². The highest BCUT2D eigenvalue weighted by Crippen LogP contribution is 2.33. The predicted molar refractivity (Wildman–Crippen MR) is 66.1 cm³/mol. The van der Waals surface area contributed by atoms with Crippen LogP contribution in [0.1, 0.15) is 60.3 Å². The van der Waals surface area contributed by atoms with Gasteiger partial charge in [0.25, 0.3) is 0 Å². The van der Waals surface area contributed by atoms with Crippen molar-refractivity contribution in [2.45, 2.75) is 66.4 Å². The van der Waals surface area contributed by atoms with Crippen molar-refractivity contribution in [3.8, 4) is 0 Å². The van der Waals surface area contributed by atoms with Gasteiger partial charge in [0.2, 0.25) is 0 Å². The molecule has 1 fully saturated rings. The number of esters is 1. The van der Waals surface area contributed by atoms with E-state index in [2.05, 4.69) is 13.8 Å². The molecule has 0 bridgehead atoms. The summed E-state index contributed by atoms with van der Waals surface area (Å²) < 4.78 is 5.73. The third-order valence-electron chi connectivity index (χ3n) is 4.12. The summed E-state index contributed by atoms with van der Waals surface area (Å²) in [6.45, 7) is 10.4. The fourth-order valence-electron chi connectivity index (χ4n) is 2.31. The lowest BCUT2D eigenvalue weighted by Gasteiger charge is -2.36. The van der Waals surface area contributed by atoms with Gasteiger partial charge in [-0.25, -0.2) is 0 Å². The van der Waals surface area contributed by atoms with Crippen LogP contribution in [-0.4, -0.2) is 12.1 Å². The second-order valence-corrected chi connectivity index (χ2v) is 5.99. The van der Waals surface area contributed by atoms with Gasteiger partial charge in [-0.15, -0.1) is 0 Å². The van der Waals surface area contributed by atoms with Crippen molar-refractivity contribution < 1.29 is 9.53 Å². The van der Waals surface area contributed by atoms with Crippen LogP contribution in [0.2, 0.25) is 0 Å². The molecule has 2 nitrogen and oxygen atoms in total. The van der Waals surface area contributed by atoms with Gasteiger partial charge in [0.1, 0.15) is 6.10 Å². The van der Waals surface area contributed by atoms with Crippen LogP contribution in [0, 0.1) is 17.3 Å². The summed E-state index contributed by atoms with van der Waals surface area (Å²) in [6, 6.07) is 0. The molecule has 0 aliphatic heterocycles. The Morgan fingerprint density at radius 3 is 2.19 bits per heavy atom. The molecule has 1 rings (SSSR count). The Morgan fingerprint density at radius 2 is 1.75 bits per heavy atom. The molecule has 1 aliphatic carbocycles. The van der Waals surface area contributed by atoms with E-state index in [1.54, 1.807) is 0 Å². The second kappa shape index (κ2) is 5.20. The molecular weight excluding hydrogens is 200 g/mol. The van der Waals surface area contributed by atoms with E-state index in [0.717, 1.165) is 6.42 Å². The van der Waals surface area contributed by atoms with Gasteiger partial charge in [0.15, 0.2) is 0 Å². The van der Waals surface area contributed by atoms with Crippen LogP contribution in [-0.2, 0) is 9.53 Å². The molecule has 16 heavy (non-hydrogen) atoms. The number of carbonyl (C=O) groups excluding carboxylic acids is 1. The van der Waals surface area contributed by atoms with Gasteiger partial charge in [-0.2, -0.15) is 0 Å². The molecule has 0 N–H and O–H groups in total. The molecule has 0 aromatic rings. The average molecular weight is 226 g/mol. The summed E-state index contributed by atoms with van der Waals surface area (Å²) in [5.74, 6) is 1.00. The molecule has 0 saturated heterocycles. The van der Waals surface area contributed by atoms with Crippen molar-refractivity contribution in [1.29, 1.82) is 0 Å². The summed E-state index contributed by atoms with van der Waals surface area (Å²) in [7, 11) is 0. The van der Waals surface area contributed by atoms with Gasteiger partial charge in [-0.05, 0) is 44.9 Å². The van der Waals surface area contributed by atoms with Crippen LogP contribution in [0.15, 0.2) is 0 Å². The monoisotopic (exact) mass is 226 g/mol. The highest BCUT2D eigenvalue weighted by molar-refractivity contribution is 5.76. The van der Waals surface area contributed by atoms with E-state index in [9.17, 15) is 4.79 Å². The maximum absolute atomic E-state index is 12.0. The van der Waals surface area contributed by atoms with Gasteiger partial charge in [0.05, 0.1) is 5.41 Å². The van der Waals surface area contributed by atoms with Crippen molar-refractivity contribution in [3.05, 3.63) is 0 Å². The number of rotatable bonds is 3. The third-order valence-corrected chi connectivity index (χ3v) is 4.12. The molecule has 2 unspecified atom stereocenters. The summed E-state index contributed by atoms with van der Waals surface area (Å²) in [6.07, 6.45) is 4.62. The van der Waals surface area contributed by atoms with Crippen molar-refractivity contribution in [2.75, 3.05) is 0 Å². The zero-order valence-electron chi connectivity index (χ0n) is 11.4. The van der Waals surface area contributed by atoms with Crippen molar-refractivity contribution >= 4 is 5.97 Å². The molecule has 0 radical (unpaired) electrons. The maximum atomic E-state index is 12.0. The van der Waals surface area contributed by atoms with E-state index in [-0.39, 0.29) is 17.5 Å². The molecule has 2 heteroatoms. The second-order valence-electron chi connectivity index (χ2n) is 5.99. The predicted octanol–water partition coefficient (Wildman–Crippen LogP) is 3.79. The molecule has 1 aliphatic rings. The maximum Gasteiger partial charge on any atom is 0.311 e. The summed E-state index contributed by atoms with van der Waals surface area (Å²) in [4.78, 5) is 12.0. The standard InChI is InChI=1S/C14H26O2/c1-6-14(4,5)13(15)16-12-10(2)8-7-9-11(12)3/h10-12H,6-9H2,1-5H3. The first-order valence-electron chi connectivity index (χ1n) is 6.59.